The van der Waals surface area contributed by atoms with E-state index in [4.69, 9.17) is 0 Å². The Morgan fingerprint density at radius 1 is 1.11 bits per heavy atom. The second-order valence-electron chi connectivity index (χ2n) is 4.72. The Morgan fingerprint density at radius 3 is 2.37 bits per heavy atom. The van der Waals surface area contributed by atoms with Crippen LogP contribution in [-0.2, 0) is 12.3 Å². The number of benzene rings is 1. The van der Waals surface area contributed by atoms with E-state index in [9.17, 15) is 4.79 Å². The Balaban J connectivity index is 2.59. The van der Waals surface area contributed by atoms with Crippen LogP contribution < -0.4 is 5.56 Å². The van der Waals surface area contributed by atoms with E-state index in [1.807, 2.05) is 16.7 Å². The van der Waals surface area contributed by atoms with Crippen LogP contribution in [0, 0.1) is 6.92 Å². The summed E-state index contributed by atoms with van der Waals surface area (Å²) in [5.74, 6) is 0.483. The minimum atomic E-state index is 0.0786. The van der Waals surface area contributed by atoms with Gasteiger partial charge in [0.15, 0.2) is 0 Å². The summed E-state index contributed by atoms with van der Waals surface area (Å²) in [5.41, 5.74) is 4.13. The minimum Gasteiger partial charge on any atom is -0.308 e. The SMILES string of the molecule is CCCn1c(-c2ccc(C)cc2)ccc(CS)c1=O. The van der Waals surface area contributed by atoms with Crippen molar-refractivity contribution in [3.05, 3.63) is 57.9 Å². The molecule has 0 bridgehead atoms. The number of pyridine rings is 1. The maximum atomic E-state index is 12.4. The molecule has 0 radical (unpaired) electrons. The number of nitrogens with zero attached hydrogens (tertiary/aromatic N) is 1. The predicted molar refractivity (Wildman–Crippen MR) is 83.9 cm³/mol. The second-order valence-corrected chi connectivity index (χ2v) is 5.04. The first kappa shape index (κ1) is 13.9. The molecular weight excluding hydrogens is 254 g/mol. The minimum absolute atomic E-state index is 0.0786. The molecule has 0 fully saturated rings. The van der Waals surface area contributed by atoms with Gasteiger partial charge in [-0.2, -0.15) is 12.6 Å². The fraction of sp³-hybridized carbons (Fsp3) is 0.312. The van der Waals surface area contributed by atoms with Crippen molar-refractivity contribution in [3.8, 4) is 11.3 Å². The van der Waals surface area contributed by atoms with E-state index < -0.39 is 0 Å². The molecule has 0 atom stereocenters. The van der Waals surface area contributed by atoms with E-state index in [1.165, 1.54) is 5.56 Å². The molecule has 1 heterocycles. The molecule has 0 spiro atoms. The third-order valence-electron chi connectivity index (χ3n) is 3.22. The number of thiol groups is 1. The van der Waals surface area contributed by atoms with Gasteiger partial charge in [0.1, 0.15) is 0 Å². The van der Waals surface area contributed by atoms with E-state index in [1.54, 1.807) is 0 Å². The lowest BCUT2D eigenvalue weighted by molar-refractivity contribution is 0.657. The maximum Gasteiger partial charge on any atom is 0.255 e. The highest BCUT2D eigenvalue weighted by atomic mass is 32.1. The third-order valence-corrected chi connectivity index (χ3v) is 3.56. The van der Waals surface area contributed by atoms with Crippen molar-refractivity contribution in [2.45, 2.75) is 32.6 Å². The van der Waals surface area contributed by atoms with Gasteiger partial charge in [0, 0.05) is 17.9 Å². The quantitative estimate of drug-likeness (QED) is 0.844. The molecule has 0 saturated heterocycles. The second kappa shape index (κ2) is 6.11. The van der Waals surface area contributed by atoms with Crippen LogP contribution in [0.5, 0.6) is 0 Å². The van der Waals surface area contributed by atoms with Crippen LogP contribution in [0.1, 0.15) is 24.5 Å². The molecule has 2 aromatic rings. The number of rotatable bonds is 4. The van der Waals surface area contributed by atoms with Crippen LogP contribution in [0.2, 0.25) is 0 Å². The smallest absolute Gasteiger partial charge is 0.255 e. The zero-order valence-electron chi connectivity index (χ0n) is 11.4. The number of aromatic nitrogens is 1. The molecule has 100 valence electrons. The van der Waals surface area contributed by atoms with Gasteiger partial charge >= 0.3 is 0 Å². The summed E-state index contributed by atoms with van der Waals surface area (Å²) in [4.78, 5) is 12.4. The largest absolute Gasteiger partial charge is 0.308 e. The van der Waals surface area contributed by atoms with Crippen molar-refractivity contribution in [2.24, 2.45) is 0 Å². The molecular formula is C16H19NOS. The summed E-state index contributed by atoms with van der Waals surface area (Å²) in [6.45, 7) is 4.88. The van der Waals surface area contributed by atoms with E-state index in [0.29, 0.717) is 5.75 Å². The lowest BCUT2D eigenvalue weighted by atomic mass is 10.1. The summed E-state index contributed by atoms with van der Waals surface area (Å²) in [6.07, 6.45) is 0.939. The summed E-state index contributed by atoms with van der Waals surface area (Å²) in [7, 11) is 0. The predicted octanol–water partition coefficient (Wildman–Crippen LogP) is 3.66. The zero-order valence-corrected chi connectivity index (χ0v) is 12.3. The summed E-state index contributed by atoms with van der Waals surface area (Å²) in [5, 5.41) is 0. The summed E-state index contributed by atoms with van der Waals surface area (Å²) in [6, 6.07) is 12.2. The van der Waals surface area contributed by atoms with Gasteiger partial charge in [0.25, 0.3) is 5.56 Å². The van der Waals surface area contributed by atoms with Crippen LogP contribution >= 0.6 is 12.6 Å². The molecule has 0 saturated carbocycles. The van der Waals surface area contributed by atoms with Crippen LogP contribution in [0.25, 0.3) is 11.3 Å². The van der Waals surface area contributed by atoms with E-state index in [-0.39, 0.29) is 5.56 Å². The van der Waals surface area contributed by atoms with Gasteiger partial charge in [-0.05, 0) is 25.0 Å². The van der Waals surface area contributed by atoms with Crippen LogP contribution in [-0.4, -0.2) is 4.57 Å². The van der Waals surface area contributed by atoms with E-state index in [0.717, 1.165) is 29.8 Å². The Bertz CT molecular complexity index is 614. The van der Waals surface area contributed by atoms with Gasteiger partial charge < -0.3 is 4.57 Å². The molecule has 0 N–H and O–H groups in total. The Hall–Kier alpha value is -1.48. The topological polar surface area (TPSA) is 22.0 Å². The van der Waals surface area contributed by atoms with Crippen LogP contribution in [0.3, 0.4) is 0 Å². The number of hydrogen-bond acceptors (Lipinski definition) is 2. The summed E-state index contributed by atoms with van der Waals surface area (Å²) >= 11 is 4.22. The third kappa shape index (κ3) is 2.92. The first-order chi connectivity index (χ1) is 9.17. The van der Waals surface area contributed by atoms with Crippen molar-refractivity contribution in [3.63, 3.8) is 0 Å². The molecule has 0 amide bonds. The van der Waals surface area contributed by atoms with Crippen molar-refractivity contribution >= 4 is 12.6 Å². The standard InChI is InChI=1S/C16H19NOS/c1-3-10-17-15(9-8-14(11-19)16(17)18)13-6-4-12(2)5-7-13/h4-9,19H,3,10-11H2,1-2H3. The zero-order chi connectivity index (χ0) is 13.8. The van der Waals surface area contributed by atoms with Crippen molar-refractivity contribution in [1.29, 1.82) is 0 Å². The average Bonchev–Trinajstić information content (AvgIpc) is 2.42. The Labute approximate surface area is 119 Å². The first-order valence-electron chi connectivity index (χ1n) is 6.58. The Morgan fingerprint density at radius 2 is 1.79 bits per heavy atom. The van der Waals surface area contributed by atoms with E-state index in [2.05, 4.69) is 50.7 Å². The molecule has 2 rings (SSSR count). The van der Waals surface area contributed by atoms with Crippen molar-refractivity contribution < 1.29 is 0 Å². The average molecular weight is 273 g/mol. The van der Waals surface area contributed by atoms with Crippen molar-refractivity contribution in [2.75, 3.05) is 0 Å². The fourth-order valence-corrected chi connectivity index (χ4v) is 2.41. The lowest BCUT2D eigenvalue weighted by Gasteiger charge is -2.14. The highest BCUT2D eigenvalue weighted by molar-refractivity contribution is 7.79. The molecule has 0 aliphatic carbocycles. The molecule has 0 unspecified atom stereocenters. The Kier molecular flexibility index (Phi) is 4.48. The summed E-state index contributed by atoms with van der Waals surface area (Å²) < 4.78 is 1.86. The highest BCUT2D eigenvalue weighted by Gasteiger charge is 2.09. The molecule has 0 aliphatic rings. The molecule has 1 aromatic heterocycles. The van der Waals surface area contributed by atoms with Gasteiger partial charge in [-0.15, -0.1) is 0 Å². The highest BCUT2D eigenvalue weighted by Crippen LogP contribution is 2.19. The van der Waals surface area contributed by atoms with Gasteiger partial charge in [-0.3, -0.25) is 4.79 Å². The molecule has 1 aromatic carbocycles. The van der Waals surface area contributed by atoms with E-state index >= 15 is 0 Å². The lowest BCUT2D eigenvalue weighted by Crippen LogP contribution is -2.24. The molecule has 19 heavy (non-hydrogen) atoms. The van der Waals surface area contributed by atoms with Crippen LogP contribution in [0.15, 0.2) is 41.2 Å². The molecule has 3 heteroatoms. The monoisotopic (exact) mass is 273 g/mol. The van der Waals surface area contributed by atoms with Gasteiger partial charge in [-0.1, -0.05) is 42.8 Å². The fourth-order valence-electron chi connectivity index (χ4n) is 2.17. The number of hydrogen-bond donors (Lipinski definition) is 1. The van der Waals surface area contributed by atoms with Crippen molar-refractivity contribution in [1.82, 2.24) is 4.57 Å². The molecule has 0 aliphatic heterocycles. The number of aryl methyl sites for hydroxylation is 1. The van der Waals surface area contributed by atoms with Gasteiger partial charge in [0.2, 0.25) is 0 Å². The molecule has 2 nitrogen and oxygen atoms in total. The normalized spacial score (nSPS) is 10.7. The van der Waals surface area contributed by atoms with Gasteiger partial charge in [-0.25, -0.2) is 0 Å². The maximum absolute atomic E-state index is 12.4. The van der Waals surface area contributed by atoms with Crippen LogP contribution in [0.4, 0.5) is 0 Å². The van der Waals surface area contributed by atoms with Gasteiger partial charge in [0.05, 0.1) is 5.69 Å². The first-order valence-corrected chi connectivity index (χ1v) is 7.21.